The monoisotopic (exact) mass is 651 g/mol. The first-order chi connectivity index (χ1) is 23.0. The van der Waals surface area contributed by atoms with Crippen LogP contribution >= 0.6 is 11.8 Å². The molecule has 2 fully saturated rings. The number of hydrogen-bond donors (Lipinski definition) is 0. The lowest BCUT2D eigenvalue weighted by molar-refractivity contribution is -0.149. The van der Waals surface area contributed by atoms with E-state index in [1.54, 1.807) is 18.9 Å². The second-order valence-corrected chi connectivity index (χ2v) is 12.7. The van der Waals surface area contributed by atoms with E-state index in [1.807, 2.05) is 66.4 Å². The Kier molecular flexibility index (Phi) is 10.6. The topological polar surface area (TPSA) is 88.1 Å². The van der Waals surface area contributed by atoms with E-state index in [1.165, 1.54) is 5.69 Å². The maximum absolute atomic E-state index is 13.2. The molecule has 0 spiro atoms. The minimum atomic E-state index is -0.154. The van der Waals surface area contributed by atoms with Crippen LogP contribution in [0.5, 0.6) is 5.75 Å². The van der Waals surface area contributed by atoms with E-state index in [9.17, 15) is 9.59 Å². The fourth-order valence-electron chi connectivity index (χ4n) is 6.04. The molecule has 1 aromatic heterocycles. The quantitative estimate of drug-likeness (QED) is 0.113. The van der Waals surface area contributed by atoms with Gasteiger partial charge in [0, 0.05) is 67.9 Å². The average molecular weight is 652 g/mol. The Hall–Kier alpha value is -4.57. The van der Waals surface area contributed by atoms with Gasteiger partial charge >= 0.3 is 5.97 Å². The lowest BCUT2D eigenvalue weighted by Crippen LogP contribution is -2.46. The molecule has 244 valence electrons. The Morgan fingerprint density at radius 1 is 0.830 bits per heavy atom. The molecular formula is C37H41N5O4S. The summed E-state index contributed by atoms with van der Waals surface area (Å²) < 4.78 is 10.5. The second-order valence-electron chi connectivity index (χ2n) is 11.7. The maximum Gasteiger partial charge on any atom is 0.309 e. The summed E-state index contributed by atoms with van der Waals surface area (Å²) in [5.74, 6) is 2.21. The van der Waals surface area contributed by atoms with Gasteiger partial charge in [-0.15, -0.1) is 0 Å². The molecule has 3 aromatic carbocycles. The van der Waals surface area contributed by atoms with Crippen LogP contribution in [0.2, 0.25) is 0 Å². The summed E-state index contributed by atoms with van der Waals surface area (Å²) in [7, 11) is 1.69. The van der Waals surface area contributed by atoms with Gasteiger partial charge in [-0.2, -0.15) is 0 Å². The number of methoxy groups -OCH3 is 1. The Balaban J connectivity index is 1.10. The second kappa shape index (κ2) is 15.3. The van der Waals surface area contributed by atoms with Gasteiger partial charge in [-0.1, -0.05) is 54.2 Å². The number of piperazine rings is 1. The summed E-state index contributed by atoms with van der Waals surface area (Å²) in [6.45, 7) is 6.84. The third-order valence-electron chi connectivity index (χ3n) is 8.77. The first-order valence-corrected chi connectivity index (χ1v) is 17.3. The first kappa shape index (κ1) is 32.4. The van der Waals surface area contributed by atoms with Crippen molar-refractivity contribution in [3.8, 4) is 17.0 Å². The number of anilines is 2. The van der Waals surface area contributed by atoms with E-state index in [0.29, 0.717) is 43.9 Å². The molecule has 2 aliphatic heterocycles. The Bertz CT molecular complexity index is 1640. The molecule has 0 N–H and O–H groups in total. The zero-order chi connectivity index (χ0) is 32.6. The highest BCUT2D eigenvalue weighted by atomic mass is 32.2. The summed E-state index contributed by atoms with van der Waals surface area (Å²) in [5.41, 5.74) is 4.91. The zero-order valence-electron chi connectivity index (χ0n) is 27.0. The Morgan fingerprint density at radius 2 is 1.51 bits per heavy atom. The fourth-order valence-corrected chi connectivity index (χ4v) is 6.84. The molecular weight excluding hydrogens is 611 g/mol. The summed E-state index contributed by atoms with van der Waals surface area (Å²) >= 11 is 1.60. The molecule has 0 saturated carbocycles. The number of hydrogen-bond acceptors (Lipinski definition) is 9. The predicted octanol–water partition coefficient (Wildman–Crippen LogP) is 6.19. The van der Waals surface area contributed by atoms with E-state index in [2.05, 4.69) is 40.1 Å². The van der Waals surface area contributed by atoms with Crippen LogP contribution in [-0.2, 0) is 15.3 Å². The fraction of sp³-hybridized carbons (Fsp3) is 0.351. The lowest BCUT2D eigenvalue weighted by Gasteiger charge is -2.37. The van der Waals surface area contributed by atoms with E-state index in [4.69, 9.17) is 19.4 Å². The van der Waals surface area contributed by atoms with Gasteiger partial charge in [0.15, 0.2) is 5.16 Å². The van der Waals surface area contributed by atoms with Crippen LogP contribution in [0.4, 0.5) is 11.5 Å². The van der Waals surface area contributed by atoms with Crippen molar-refractivity contribution in [2.24, 2.45) is 5.92 Å². The highest BCUT2D eigenvalue weighted by Crippen LogP contribution is 2.29. The Labute approximate surface area is 280 Å². The van der Waals surface area contributed by atoms with Crippen LogP contribution in [0.3, 0.4) is 0 Å². The molecule has 3 heterocycles. The number of esters is 1. The van der Waals surface area contributed by atoms with Gasteiger partial charge in [0.2, 0.25) is 0 Å². The molecule has 0 bridgehead atoms. The number of thioether (sulfide) groups is 1. The number of likely N-dealkylation sites (tertiary alicyclic amines) is 1. The summed E-state index contributed by atoms with van der Waals surface area (Å²) in [6.07, 6.45) is 1.28. The van der Waals surface area contributed by atoms with Crippen molar-refractivity contribution in [1.82, 2.24) is 14.9 Å². The number of aromatic nitrogens is 2. The molecule has 4 aromatic rings. The van der Waals surface area contributed by atoms with Crippen LogP contribution in [0.25, 0.3) is 11.3 Å². The normalized spacial score (nSPS) is 15.4. The lowest BCUT2D eigenvalue weighted by atomic mass is 9.96. The van der Waals surface area contributed by atoms with Gasteiger partial charge in [0.25, 0.3) is 5.91 Å². The Morgan fingerprint density at radius 3 is 2.17 bits per heavy atom. The molecule has 47 heavy (non-hydrogen) atoms. The number of benzene rings is 3. The van der Waals surface area contributed by atoms with Crippen molar-refractivity contribution in [2.45, 2.75) is 30.7 Å². The van der Waals surface area contributed by atoms with Crippen LogP contribution in [0, 0.1) is 5.92 Å². The minimum Gasteiger partial charge on any atom is -0.497 e. The van der Waals surface area contributed by atoms with Gasteiger partial charge < -0.3 is 24.2 Å². The maximum atomic E-state index is 13.2. The van der Waals surface area contributed by atoms with Crippen LogP contribution in [0.15, 0.2) is 90.1 Å². The molecule has 1 amide bonds. The number of rotatable bonds is 10. The summed E-state index contributed by atoms with van der Waals surface area (Å²) in [4.78, 5) is 41.7. The van der Waals surface area contributed by atoms with Crippen molar-refractivity contribution >= 4 is 35.1 Å². The van der Waals surface area contributed by atoms with Crippen molar-refractivity contribution in [1.29, 1.82) is 0 Å². The van der Waals surface area contributed by atoms with E-state index in [0.717, 1.165) is 59.7 Å². The smallest absolute Gasteiger partial charge is 0.309 e. The number of piperidine rings is 1. The van der Waals surface area contributed by atoms with Crippen molar-refractivity contribution in [3.05, 3.63) is 96.1 Å². The van der Waals surface area contributed by atoms with Crippen molar-refractivity contribution in [2.75, 3.05) is 62.8 Å². The third-order valence-corrected chi connectivity index (χ3v) is 9.69. The molecule has 9 nitrogen and oxygen atoms in total. The van der Waals surface area contributed by atoms with Gasteiger partial charge in [0.1, 0.15) is 11.6 Å². The van der Waals surface area contributed by atoms with Crippen molar-refractivity contribution in [3.63, 3.8) is 0 Å². The number of carbonyl (C=O) groups is 2. The minimum absolute atomic E-state index is 0.00198. The highest BCUT2D eigenvalue weighted by Gasteiger charge is 2.28. The molecule has 0 radical (unpaired) electrons. The molecule has 0 aliphatic carbocycles. The molecule has 0 unspecified atom stereocenters. The van der Waals surface area contributed by atoms with E-state index < -0.39 is 0 Å². The number of amides is 1. The highest BCUT2D eigenvalue weighted by molar-refractivity contribution is 7.98. The number of carbonyl (C=O) groups excluding carboxylic acids is 2. The van der Waals surface area contributed by atoms with Crippen LogP contribution in [-0.4, -0.2) is 79.7 Å². The van der Waals surface area contributed by atoms with Gasteiger partial charge in [0.05, 0.1) is 25.3 Å². The first-order valence-electron chi connectivity index (χ1n) is 16.3. The van der Waals surface area contributed by atoms with Gasteiger partial charge in [-0.3, -0.25) is 9.59 Å². The molecule has 0 atom stereocenters. The molecule has 10 heteroatoms. The zero-order valence-corrected chi connectivity index (χ0v) is 27.8. The van der Waals surface area contributed by atoms with Gasteiger partial charge in [-0.05, 0) is 61.7 Å². The summed E-state index contributed by atoms with van der Waals surface area (Å²) in [6, 6.07) is 28.4. The van der Waals surface area contributed by atoms with E-state index >= 15 is 0 Å². The predicted molar refractivity (Wildman–Crippen MR) is 186 cm³/mol. The third kappa shape index (κ3) is 8.05. The molecule has 2 saturated heterocycles. The standard InChI is InChI=1S/C37H41N5O4S/c1-3-46-36(44)30-17-19-42(20-18-30)35(43)29-11-9-27(10-12-29)26-47-37-38-33(28-7-5-4-6-8-28)25-34(39-37)41-23-21-40(22-24-41)31-13-15-32(45-2)16-14-31/h4-16,25,30H,3,17-24,26H2,1-2H3. The van der Waals surface area contributed by atoms with E-state index in [-0.39, 0.29) is 17.8 Å². The number of ether oxygens (including phenoxy) is 2. The largest absolute Gasteiger partial charge is 0.497 e. The SMILES string of the molecule is CCOC(=O)C1CCN(C(=O)c2ccc(CSc3nc(-c4ccccc4)cc(N4CCN(c5ccc(OC)cc5)CC4)n3)cc2)CC1. The average Bonchev–Trinajstić information content (AvgIpc) is 3.14. The molecule has 6 rings (SSSR count). The van der Waals surface area contributed by atoms with Crippen LogP contribution in [0.1, 0.15) is 35.7 Å². The van der Waals surface area contributed by atoms with Gasteiger partial charge in [-0.25, -0.2) is 9.97 Å². The summed E-state index contributed by atoms with van der Waals surface area (Å²) in [5, 5.41) is 0.726. The van der Waals surface area contributed by atoms with Crippen LogP contribution < -0.4 is 14.5 Å². The van der Waals surface area contributed by atoms with Crippen molar-refractivity contribution < 1.29 is 19.1 Å². The number of nitrogens with zero attached hydrogens (tertiary/aromatic N) is 5. The molecule has 2 aliphatic rings.